The van der Waals surface area contributed by atoms with Gasteiger partial charge in [0.1, 0.15) is 0 Å². The van der Waals surface area contributed by atoms with Gasteiger partial charge >= 0.3 is 0 Å². The van der Waals surface area contributed by atoms with Crippen LogP contribution in [-0.4, -0.2) is 93.9 Å². The molecule has 2 aliphatic heterocycles. The number of nitrogens with two attached hydrogens (primary N) is 1. The number of rotatable bonds is 5. The number of hydrogen-bond acceptors (Lipinski definition) is 5. The lowest BCUT2D eigenvalue weighted by atomic mass is 9.96. The summed E-state index contributed by atoms with van der Waals surface area (Å²) in [6, 6.07) is 0.334. The topological polar surface area (TPSA) is 45.0 Å². The molecule has 2 rings (SSSR count). The first-order chi connectivity index (χ1) is 9.15. The van der Waals surface area contributed by atoms with E-state index in [9.17, 15) is 0 Å². The molecule has 5 nitrogen and oxygen atoms in total. The predicted octanol–water partition coefficient (Wildman–Crippen LogP) is -0.471. The molecule has 2 unspecified atom stereocenters. The molecule has 0 radical (unpaired) electrons. The highest BCUT2D eigenvalue weighted by atomic mass is 16.5. The fraction of sp³-hybridized carbons (Fsp3) is 1.00. The second-order valence-electron chi connectivity index (χ2n) is 6.23. The lowest BCUT2D eigenvalue weighted by molar-refractivity contribution is 0.0171. The quantitative estimate of drug-likeness (QED) is 0.732. The van der Waals surface area contributed by atoms with E-state index in [0.717, 1.165) is 32.7 Å². The molecule has 2 aliphatic rings. The molecule has 0 spiro atoms. The summed E-state index contributed by atoms with van der Waals surface area (Å²) in [6.07, 6.45) is 1.02. The number of hydrogen-bond donors (Lipinski definition) is 1. The van der Waals surface area contributed by atoms with Crippen LogP contribution in [0, 0.1) is 5.92 Å². The largest absolute Gasteiger partial charge is 0.381 e. The molecular weight excluding hydrogens is 240 g/mol. The summed E-state index contributed by atoms with van der Waals surface area (Å²) in [5, 5.41) is 0. The maximum Gasteiger partial charge on any atom is 0.0521 e. The molecule has 2 atom stereocenters. The lowest BCUT2D eigenvalue weighted by Crippen LogP contribution is -2.52. The van der Waals surface area contributed by atoms with E-state index in [1.807, 2.05) is 0 Å². The minimum atomic E-state index is 0.334. The van der Waals surface area contributed by atoms with E-state index in [1.54, 1.807) is 0 Å². The van der Waals surface area contributed by atoms with Crippen molar-refractivity contribution in [2.24, 2.45) is 11.7 Å². The Morgan fingerprint density at radius 3 is 2.47 bits per heavy atom. The van der Waals surface area contributed by atoms with Crippen LogP contribution >= 0.6 is 0 Å². The van der Waals surface area contributed by atoms with Crippen LogP contribution in [0.2, 0.25) is 0 Å². The molecule has 0 aromatic heterocycles. The first-order valence-corrected chi connectivity index (χ1v) is 7.58. The zero-order valence-corrected chi connectivity index (χ0v) is 12.6. The van der Waals surface area contributed by atoms with E-state index in [4.69, 9.17) is 10.5 Å². The van der Waals surface area contributed by atoms with Crippen molar-refractivity contribution in [2.75, 3.05) is 73.1 Å². The molecule has 19 heavy (non-hydrogen) atoms. The van der Waals surface area contributed by atoms with Crippen LogP contribution in [0.1, 0.15) is 6.42 Å². The van der Waals surface area contributed by atoms with Gasteiger partial charge in [-0.3, -0.25) is 4.90 Å². The fourth-order valence-electron chi connectivity index (χ4n) is 2.87. The van der Waals surface area contributed by atoms with Gasteiger partial charge in [-0.15, -0.1) is 0 Å². The summed E-state index contributed by atoms with van der Waals surface area (Å²) in [6.45, 7) is 9.88. The van der Waals surface area contributed by atoms with E-state index in [-0.39, 0.29) is 0 Å². The van der Waals surface area contributed by atoms with Crippen molar-refractivity contribution in [1.82, 2.24) is 14.7 Å². The van der Waals surface area contributed by atoms with Crippen LogP contribution in [0.3, 0.4) is 0 Å². The SMILES string of the molecule is CN(C)CCN1CCN(CC2COCCC2N)CC1. The van der Waals surface area contributed by atoms with Gasteiger partial charge < -0.3 is 20.3 Å². The van der Waals surface area contributed by atoms with Crippen LogP contribution in [0.5, 0.6) is 0 Å². The van der Waals surface area contributed by atoms with Gasteiger partial charge in [0.15, 0.2) is 0 Å². The number of nitrogens with zero attached hydrogens (tertiary/aromatic N) is 3. The second kappa shape index (κ2) is 7.55. The summed E-state index contributed by atoms with van der Waals surface area (Å²) in [5.74, 6) is 0.530. The van der Waals surface area contributed by atoms with Gasteiger partial charge in [-0.1, -0.05) is 0 Å². The Balaban J connectivity index is 1.65. The third-order valence-electron chi connectivity index (χ3n) is 4.35. The Labute approximate surface area is 117 Å². The minimum absolute atomic E-state index is 0.334. The van der Waals surface area contributed by atoms with E-state index >= 15 is 0 Å². The molecule has 2 heterocycles. The molecule has 0 aromatic rings. The molecule has 2 N–H and O–H groups in total. The van der Waals surface area contributed by atoms with Crippen molar-refractivity contribution >= 4 is 0 Å². The summed E-state index contributed by atoms with van der Waals surface area (Å²) in [4.78, 5) is 7.38. The zero-order valence-electron chi connectivity index (χ0n) is 12.6. The Bertz CT molecular complexity index is 254. The van der Waals surface area contributed by atoms with Crippen molar-refractivity contribution in [3.8, 4) is 0 Å². The van der Waals surface area contributed by atoms with E-state index < -0.39 is 0 Å². The van der Waals surface area contributed by atoms with Gasteiger partial charge in [-0.05, 0) is 20.5 Å². The third-order valence-corrected chi connectivity index (χ3v) is 4.35. The van der Waals surface area contributed by atoms with Gasteiger partial charge in [0.05, 0.1) is 6.61 Å². The maximum atomic E-state index is 6.18. The fourth-order valence-corrected chi connectivity index (χ4v) is 2.87. The molecule has 0 amide bonds. The summed E-state index contributed by atoms with van der Waals surface area (Å²) < 4.78 is 5.56. The molecule has 0 saturated carbocycles. The average Bonchev–Trinajstić information content (AvgIpc) is 2.40. The van der Waals surface area contributed by atoms with Crippen molar-refractivity contribution < 1.29 is 4.74 Å². The maximum absolute atomic E-state index is 6.18. The van der Waals surface area contributed by atoms with Crippen LogP contribution in [0.15, 0.2) is 0 Å². The first kappa shape index (κ1) is 15.2. The number of piperazine rings is 1. The van der Waals surface area contributed by atoms with Crippen molar-refractivity contribution in [3.05, 3.63) is 0 Å². The summed E-state index contributed by atoms with van der Waals surface area (Å²) >= 11 is 0. The van der Waals surface area contributed by atoms with Crippen LogP contribution in [0.4, 0.5) is 0 Å². The Hall–Kier alpha value is -0.200. The molecule has 5 heteroatoms. The molecule has 112 valence electrons. The standard InChI is InChI=1S/C14H30N4O/c1-16(2)4-5-17-6-8-18(9-7-17)11-13-12-19-10-3-14(13)15/h13-14H,3-12,15H2,1-2H3. The Kier molecular flexibility index (Phi) is 6.04. The normalized spacial score (nSPS) is 30.9. The molecule has 2 saturated heterocycles. The summed E-state index contributed by atoms with van der Waals surface area (Å²) in [5.41, 5.74) is 6.18. The van der Waals surface area contributed by atoms with Gasteiger partial charge in [-0.25, -0.2) is 0 Å². The molecule has 0 aromatic carbocycles. The van der Waals surface area contributed by atoms with Gasteiger partial charge in [0.25, 0.3) is 0 Å². The smallest absolute Gasteiger partial charge is 0.0521 e. The van der Waals surface area contributed by atoms with E-state index in [1.165, 1.54) is 32.7 Å². The average molecular weight is 270 g/mol. The predicted molar refractivity (Wildman–Crippen MR) is 78.3 cm³/mol. The van der Waals surface area contributed by atoms with Gasteiger partial charge in [-0.2, -0.15) is 0 Å². The summed E-state index contributed by atoms with van der Waals surface area (Å²) in [7, 11) is 4.28. The molecule has 0 bridgehead atoms. The zero-order chi connectivity index (χ0) is 13.7. The molecule has 2 fully saturated rings. The molecular formula is C14H30N4O. The third kappa shape index (κ3) is 5.00. The highest BCUT2D eigenvalue weighted by molar-refractivity contribution is 4.81. The van der Waals surface area contributed by atoms with Crippen LogP contribution < -0.4 is 5.73 Å². The Morgan fingerprint density at radius 1 is 1.16 bits per heavy atom. The van der Waals surface area contributed by atoms with Crippen molar-refractivity contribution in [3.63, 3.8) is 0 Å². The van der Waals surface area contributed by atoms with Gasteiger partial charge in [0, 0.05) is 64.4 Å². The monoisotopic (exact) mass is 270 g/mol. The minimum Gasteiger partial charge on any atom is -0.381 e. The van der Waals surface area contributed by atoms with Gasteiger partial charge in [0.2, 0.25) is 0 Å². The second-order valence-corrected chi connectivity index (χ2v) is 6.23. The van der Waals surface area contributed by atoms with Crippen molar-refractivity contribution in [1.29, 1.82) is 0 Å². The first-order valence-electron chi connectivity index (χ1n) is 7.58. The lowest BCUT2D eigenvalue weighted by Gasteiger charge is -2.39. The van der Waals surface area contributed by atoms with E-state index in [0.29, 0.717) is 12.0 Å². The number of likely N-dealkylation sites (N-methyl/N-ethyl adjacent to an activating group) is 1. The highest BCUT2D eigenvalue weighted by Gasteiger charge is 2.26. The van der Waals surface area contributed by atoms with Crippen LogP contribution in [0.25, 0.3) is 0 Å². The van der Waals surface area contributed by atoms with E-state index in [2.05, 4.69) is 28.8 Å². The molecule has 0 aliphatic carbocycles. The number of ether oxygens (including phenoxy) is 1. The van der Waals surface area contributed by atoms with Crippen LogP contribution in [-0.2, 0) is 4.74 Å². The highest BCUT2D eigenvalue weighted by Crippen LogP contribution is 2.15. The Morgan fingerprint density at radius 2 is 1.84 bits per heavy atom. The van der Waals surface area contributed by atoms with Crippen molar-refractivity contribution in [2.45, 2.75) is 12.5 Å².